The van der Waals surface area contributed by atoms with Gasteiger partial charge in [-0.25, -0.2) is 0 Å². The minimum Gasteiger partial charge on any atom is -0.496 e. The fourth-order valence-corrected chi connectivity index (χ4v) is 3.64. The number of para-hydroxylation sites is 1. The lowest BCUT2D eigenvalue weighted by molar-refractivity contribution is -0.170. The molecule has 0 saturated carbocycles. The predicted molar refractivity (Wildman–Crippen MR) is 102 cm³/mol. The maximum Gasteiger partial charge on any atom is 0.122 e. The summed E-state index contributed by atoms with van der Waals surface area (Å²) in [6.45, 7) is 5.01. The van der Waals surface area contributed by atoms with Crippen LogP contribution in [0.25, 0.3) is 0 Å². The second kappa shape index (κ2) is 8.50. The van der Waals surface area contributed by atoms with Gasteiger partial charge in [0.05, 0.1) is 13.7 Å². The summed E-state index contributed by atoms with van der Waals surface area (Å²) in [6.07, 6.45) is 4.55. The molecule has 1 heterocycles. The van der Waals surface area contributed by atoms with Crippen LogP contribution in [-0.2, 0) is 17.8 Å². The SMILES string of the molecule is COc1ccccc1CCN1CCCCC1(C)OCc1ccccc1. The number of rotatable bonds is 7. The molecule has 0 bridgehead atoms. The standard InChI is InChI=1S/C22H29NO2/c1-22(25-18-19-10-4-3-5-11-19)15-8-9-16-23(22)17-14-20-12-6-7-13-21(20)24-2/h3-7,10-13H,8-9,14-18H2,1-2H3. The Morgan fingerprint density at radius 2 is 1.76 bits per heavy atom. The van der Waals surface area contributed by atoms with E-state index in [9.17, 15) is 0 Å². The molecular formula is C22H29NO2. The Hall–Kier alpha value is -1.84. The van der Waals surface area contributed by atoms with Crippen molar-refractivity contribution < 1.29 is 9.47 Å². The molecule has 0 N–H and O–H groups in total. The Balaban J connectivity index is 1.63. The Morgan fingerprint density at radius 3 is 2.56 bits per heavy atom. The summed E-state index contributed by atoms with van der Waals surface area (Å²) in [7, 11) is 1.74. The van der Waals surface area contributed by atoms with E-state index in [1.807, 2.05) is 18.2 Å². The lowest BCUT2D eigenvalue weighted by atomic mass is 9.98. The van der Waals surface area contributed by atoms with Gasteiger partial charge in [0.25, 0.3) is 0 Å². The van der Waals surface area contributed by atoms with E-state index in [2.05, 4.69) is 48.2 Å². The van der Waals surface area contributed by atoms with Crippen molar-refractivity contribution in [2.75, 3.05) is 20.2 Å². The second-order valence-corrected chi connectivity index (χ2v) is 6.96. The summed E-state index contributed by atoms with van der Waals surface area (Å²) in [4.78, 5) is 2.51. The van der Waals surface area contributed by atoms with Crippen LogP contribution < -0.4 is 4.74 Å². The lowest BCUT2D eigenvalue weighted by Gasteiger charge is -2.44. The van der Waals surface area contributed by atoms with Crippen molar-refractivity contribution in [1.29, 1.82) is 0 Å². The number of hydrogen-bond acceptors (Lipinski definition) is 3. The molecule has 2 aromatic rings. The monoisotopic (exact) mass is 339 g/mol. The number of hydrogen-bond donors (Lipinski definition) is 0. The fourth-order valence-electron chi connectivity index (χ4n) is 3.64. The summed E-state index contributed by atoms with van der Waals surface area (Å²) in [5, 5.41) is 0. The molecule has 1 fully saturated rings. The van der Waals surface area contributed by atoms with Gasteiger partial charge in [-0.15, -0.1) is 0 Å². The normalized spacial score (nSPS) is 21.2. The fraction of sp³-hybridized carbons (Fsp3) is 0.455. The quantitative estimate of drug-likeness (QED) is 0.732. The maximum atomic E-state index is 6.41. The average Bonchev–Trinajstić information content (AvgIpc) is 2.67. The molecule has 134 valence electrons. The topological polar surface area (TPSA) is 21.7 Å². The van der Waals surface area contributed by atoms with Gasteiger partial charge in [0.2, 0.25) is 0 Å². The van der Waals surface area contributed by atoms with Crippen molar-refractivity contribution in [2.45, 2.75) is 44.9 Å². The van der Waals surface area contributed by atoms with E-state index in [1.165, 1.54) is 24.0 Å². The third-order valence-electron chi connectivity index (χ3n) is 5.22. The minimum absolute atomic E-state index is 0.184. The van der Waals surface area contributed by atoms with Gasteiger partial charge in [-0.1, -0.05) is 48.5 Å². The number of ether oxygens (including phenoxy) is 2. The molecular weight excluding hydrogens is 310 g/mol. The molecule has 0 amide bonds. The van der Waals surface area contributed by atoms with Crippen LogP contribution in [0.3, 0.4) is 0 Å². The summed E-state index contributed by atoms with van der Waals surface area (Å²) in [5.74, 6) is 0.978. The first-order valence-electron chi connectivity index (χ1n) is 9.26. The highest BCUT2D eigenvalue weighted by Gasteiger charge is 2.35. The molecule has 2 aromatic carbocycles. The van der Waals surface area contributed by atoms with E-state index in [0.717, 1.165) is 31.7 Å². The van der Waals surface area contributed by atoms with E-state index in [-0.39, 0.29) is 5.72 Å². The van der Waals surface area contributed by atoms with Crippen molar-refractivity contribution in [3.05, 3.63) is 65.7 Å². The van der Waals surface area contributed by atoms with Gasteiger partial charge in [-0.2, -0.15) is 0 Å². The molecule has 0 radical (unpaired) electrons. The first kappa shape index (κ1) is 18.0. The number of piperidine rings is 1. The van der Waals surface area contributed by atoms with Gasteiger partial charge >= 0.3 is 0 Å². The van der Waals surface area contributed by atoms with Crippen LogP contribution in [0.5, 0.6) is 5.75 Å². The largest absolute Gasteiger partial charge is 0.496 e. The highest BCUT2D eigenvalue weighted by Crippen LogP contribution is 2.31. The van der Waals surface area contributed by atoms with Gasteiger partial charge in [0.15, 0.2) is 0 Å². The molecule has 1 atom stereocenters. The van der Waals surface area contributed by atoms with Crippen LogP contribution in [0.2, 0.25) is 0 Å². The molecule has 1 aliphatic rings. The van der Waals surface area contributed by atoms with Crippen LogP contribution in [0.4, 0.5) is 0 Å². The molecule has 0 spiro atoms. The lowest BCUT2D eigenvalue weighted by Crippen LogP contribution is -2.52. The third kappa shape index (κ3) is 4.62. The van der Waals surface area contributed by atoms with Crippen LogP contribution >= 0.6 is 0 Å². The predicted octanol–water partition coefficient (Wildman–Crippen LogP) is 4.66. The van der Waals surface area contributed by atoms with E-state index >= 15 is 0 Å². The molecule has 25 heavy (non-hydrogen) atoms. The smallest absolute Gasteiger partial charge is 0.122 e. The second-order valence-electron chi connectivity index (χ2n) is 6.96. The van der Waals surface area contributed by atoms with Crippen molar-refractivity contribution in [2.24, 2.45) is 0 Å². The van der Waals surface area contributed by atoms with Crippen LogP contribution in [0, 0.1) is 0 Å². The van der Waals surface area contributed by atoms with Gasteiger partial charge in [-0.05, 0) is 49.8 Å². The summed E-state index contributed by atoms with van der Waals surface area (Å²) in [5.41, 5.74) is 2.32. The van der Waals surface area contributed by atoms with Gasteiger partial charge in [0, 0.05) is 13.1 Å². The van der Waals surface area contributed by atoms with E-state index in [1.54, 1.807) is 7.11 Å². The number of benzene rings is 2. The van der Waals surface area contributed by atoms with E-state index in [0.29, 0.717) is 6.61 Å². The summed E-state index contributed by atoms with van der Waals surface area (Å²) >= 11 is 0. The number of nitrogens with zero attached hydrogens (tertiary/aromatic N) is 1. The molecule has 0 aliphatic carbocycles. The highest BCUT2D eigenvalue weighted by molar-refractivity contribution is 5.33. The summed E-state index contributed by atoms with van der Waals surface area (Å²) < 4.78 is 11.9. The van der Waals surface area contributed by atoms with E-state index < -0.39 is 0 Å². The molecule has 1 aliphatic heterocycles. The Kier molecular flexibility index (Phi) is 6.11. The first-order chi connectivity index (χ1) is 12.2. The van der Waals surface area contributed by atoms with Crippen molar-refractivity contribution >= 4 is 0 Å². The number of likely N-dealkylation sites (tertiary alicyclic amines) is 1. The Bertz CT molecular complexity index is 658. The zero-order valence-electron chi connectivity index (χ0n) is 15.4. The first-order valence-corrected chi connectivity index (χ1v) is 9.26. The van der Waals surface area contributed by atoms with Crippen molar-refractivity contribution in [3.63, 3.8) is 0 Å². The van der Waals surface area contributed by atoms with Crippen LogP contribution in [-0.4, -0.2) is 30.8 Å². The molecule has 1 unspecified atom stereocenters. The Morgan fingerprint density at radius 1 is 1.00 bits per heavy atom. The van der Waals surface area contributed by atoms with Gasteiger partial charge in [-0.3, -0.25) is 4.90 Å². The molecule has 3 heteroatoms. The maximum absolute atomic E-state index is 6.41. The van der Waals surface area contributed by atoms with Crippen molar-refractivity contribution in [3.8, 4) is 5.75 Å². The van der Waals surface area contributed by atoms with Gasteiger partial charge < -0.3 is 9.47 Å². The summed E-state index contributed by atoms with van der Waals surface area (Å²) in [6, 6.07) is 18.8. The van der Waals surface area contributed by atoms with Gasteiger partial charge in [0.1, 0.15) is 11.5 Å². The van der Waals surface area contributed by atoms with Crippen LogP contribution in [0.15, 0.2) is 54.6 Å². The Labute approximate surface area is 151 Å². The number of methoxy groups -OCH3 is 1. The molecule has 0 aromatic heterocycles. The minimum atomic E-state index is -0.184. The van der Waals surface area contributed by atoms with Crippen molar-refractivity contribution in [1.82, 2.24) is 4.90 Å². The highest BCUT2D eigenvalue weighted by atomic mass is 16.5. The average molecular weight is 339 g/mol. The zero-order valence-corrected chi connectivity index (χ0v) is 15.4. The zero-order chi connectivity index (χ0) is 17.5. The molecule has 3 nitrogen and oxygen atoms in total. The van der Waals surface area contributed by atoms with Crippen LogP contribution in [0.1, 0.15) is 37.3 Å². The van der Waals surface area contributed by atoms with E-state index in [4.69, 9.17) is 9.47 Å². The molecule has 1 saturated heterocycles. The molecule has 3 rings (SSSR count). The third-order valence-corrected chi connectivity index (χ3v) is 5.22.